The second-order valence-corrected chi connectivity index (χ2v) is 3.69. The smallest absolute Gasteiger partial charge is 0.328 e. The molecule has 1 rings (SSSR count). The molecule has 0 saturated carbocycles. The van der Waals surface area contributed by atoms with Gasteiger partial charge < -0.3 is 5.11 Å². The Labute approximate surface area is 98.7 Å². The topological polar surface area (TPSA) is 80.4 Å². The molecule has 0 bridgehead atoms. The Hall–Kier alpha value is -1.44. The standard InChI is InChI=1S/C9H6INO4/c10-9-6(4-5-8(12)13)2-1-3-7(9)11(14)15/h1-5H,(H,12,13)/b5-4+. The third kappa shape index (κ3) is 3.01. The number of nitro benzene ring substituents is 1. The van der Waals surface area contributed by atoms with Crippen LogP contribution < -0.4 is 0 Å². The van der Waals surface area contributed by atoms with Gasteiger partial charge >= 0.3 is 5.97 Å². The molecule has 0 aliphatic heterocycles. The minimum atomic E-state index is -1.09. The lowest BCUT2D eigenvalue weighted by atomic mass is 10.2. The number of benzene rings is 1. The molecule has 1 N–H and O–H groups in total. The molecule has 5 nitrogen and oxygen atoms in total. The first kappa shape index (κ1) is 11.6. The monoisotopic (exact) mass is 319 g/mol. The maximum atomic E-state index is 10.6. The number of carboxylic acids is 1. The van der Waals surface area contributed by atoms with Crippen LogP contribution in [0.1, 0.15) is 5.56 Å². The van der Waals surface area contributed by atoms with E-state index in [1.807, 2.05) is 22.6 Å². The predicted octanol–water partition coefficient (Wildman–Crippen LogP) is 2.30. The summed E-state index contributed by atoms with van der Waals surface area (Å²) in [4.78, 5) is 20.4. The van der Waals surface area contributed by atoms with Crippen molar-refractivity contribution >= 4 is 40.3 Å². The minimum absolute atomic E-state index is 0.0249. The van der Waals surface area contributed by atoms with Crippen LogP contribution in [0.25, 0.3) is 6.08 Å². The van der Waals surface area contributed by atoms with Crippen LogP contribution in [-0.4, -0.2) is 16.0 Å². The van der Waals surface area contributed by atoms with Gasteiger partial charge in [-0.05, 0) is 34.2 Å². The summed E-state index contributed by atoms with van der Waals surface area (Å²) in [6, 6.07) is 4.51. The zero-order valence-electron chi connectivity index (χ0n) is 7.38. The number of carbonyl (C=O) groups is 1. The van der Waals surface area contributed by atoms with E-state index in [1.165, 1.54) is 18.2 Å². The molecule has 0 aliphatic carbocycles. The SMILES string of the molecule is O=C(O)/C=C/c1cccc([N+](=O)[O-])c1I. The summed E-state index contributed by atoms with van der Waals surface area (Å²) in [6.07, 6.45) is 2.28. The van der Waals surface area contributed by atoms with Crippen LogP contribution in [0, 0.1) is 13.7 Å². The van der Waals surface area contributed by atoms with Gasteiger partial charge in [-0.15, -0.1) is 0 Å². The summed E-state index contributed by atoms with van der Waals surface area (Å²) in [7, 11) is 0. The van der Waals surface area contributed by atoms with E-state index in [0.717, 1.165) is 6.08 Å². The van der Waals surface area contributed by atoms with Crippen molar-refractivity contribution in [2.45, 2.75) is 0 Å². The molecule has 78 valence electrons. The molecule has 0 unspecified atom stereocenters. The third-order valence-corrected chi connectivity index (χ3v) is 2.79. The van der Waals surface area contributed by atoms with E-state index in [4.69, 9.17) is 5.11 Å². The number of hydrogen-bond acceptors (Lipinski definition) is 3. The number of halogens is 1. The molecule has 1 aromatic rings. The highest BCUT2D eigenvalue weighted by Crippen LogP contribution is 2.24. The van der Waals surface area contributed by atoms with E-state index in [-0.39, 0.29) is 5.69 Å². The maximum Gasteiger partial charge on any atom is 0.328 e. The van der Waals surface area contributed by atoms with Crippen molar-refractivity contribution in [1.29, 1.82) is 0 Å². The summed E-state index contributed by atoms with van der Waals surface area (Å²) in [5.41, 5.74) is 0.496. The van der Waals surface area contributed by atoms with Crippen molar-refractivity contribution in [3.8, 4) is 0 Å². The van der Waals surface area contributed by atoms with Crippen molar-refractivity contribution < 1.29 is 14.8 Å². The summed E-state index contributed by atoms with van der Waals surface area (Å²) in [5.74, 6) is -1.09. The number of nitrogens with zero attached hydrogens (tertiary/aromatic N) is 1. The van der Waals surface area contributed by atoms with Crippen molar-refractivity contribution in [3.63, 3.8) is 0 Å². The van der Waals surface area contributed by atoms with Crippen LogP contribution >= 0.6 is 22.6 Å². The highest BCUT2D eigenvalue weighted by atomic mass is 127. The lowest BCUT2D eigenvalue weighted by Gasteiger charge is -1.98. The highest BCUT2D eigenvalue weighted by molar-refractivity contribution is 14.1. The van der Waals surface area contributed by atoms with Crippen molar-refractivity contribution in [1.82, 2.24) is 0 Å². The van der Waals surface area contributed by atoms with Gasteiger partial charge in [0.2, 0.25) is 0 Å². The van der Waals surface area contributed by atoms with E-state index < -0.39 is 10.9 Å². The molecule has 0 atom stereocenters. The Morgan fingerprint density at radius 1 is 1.53 bits per heavy atom. The van der Waals surface area contributed by atoms with Gasteiger partial charge in [-0.1, -0.05) is 12.1 Å². The van der Waals surface area contributed by atoms with E-state index in [2.05, 4.69) is 0 Å². The third-order valence-electron chi connectivity index (χ3n) is 1.61. The predicted molar refractivity (Wildman–Crippen MR) is 62.5 cm³/mol. The molecule has 6 heteroatoms. The summed E-state index contributed by atoms with van der Waals surface area (Å²) in [6.45, 7) is 0. The van der Waals surface area contributed by atoms with Crippen molar-refractivity contribution in [3.05, 3.63) is 43.5 Å². The summed E-state index contributed by atoms with van der Waals surface area (Å²) >= 11 is 1.82. The molecule has 0 amide bonds. The van der Waals surface area contributed by atoms with Gasteiger partial charge in [-0.2, -0.15) is 0 Å². The number of rotatable bonds is 3. The first-order chi connectivity index (χ1) is 7.02. The second-order valence-electron chi connectivity index (χ2n) is 2.61. The fourth-order valence-electron chi connectivity index (χ4n) is 0.968. The van der Waals surface area contributed by atoms with Crippen LogP contribution in [0.3, 0.4) is 0 Å². The quantitative estimate of drug-likeness (QED) is 0.401. The molecule has 1 aromatic carbocycles. The Morgan fingerprint density at radius 3 is 2.73 bits per heavy atom. The number of carboxylic acid groups (broad SMARTS) is 1. The average Bonchev–Trinajstić information content (AvgIpc) is 2.15. The lowest BCUT2D eigenvalue weighted by molar-refractivity contribution is -0.385. The Bertz CT molecular complexity index is 442. The first-order valence-corrected chi connectivity index (χ1v) is 4.94. The molecule has 0 spiro atoms. The molecular weight excluding hydrogens is 313 g/mol. The number of nitro groups is 1. The van der Waals surface area contributed by atoms with Gasteiger partial charge in [0.15, 0.2) is 0 Å². The van der Waals surface area contributed by atoms with Gasteiger partial charge in [0, 0.05) is 12.1 Å². The van der Waals surface area contributed by atoms with E-state index in [1.54, 1.807) is 6.07 Å². The molecule has 0 aromatic heterocycles. The van der Waals surface area contributed by atoms with Crippen LogP contribution in [-0.2, 0) is 4.79 Å². The number of aliphatic carboxylic acids is 1. The van der Waals surface area contributed by atoms with Gasteiger partial charge in [0.25, 0.3) is 5.69 Å². The Balaban J connectivity index is 3.15. The Kier molecular flexibility index (Phi) is 3.78. The largest absolute Gasteiger partial charge is 0.478 e. The fourth-order valence-corrected chi connectivity index (χ4v) is 1.70. The zero-order valence-corrected chi connectivity index (χ0v) is 9.54. The van der Waals surface area contributed by atoms with Gasteiger partial charge in [0.05, 0.1) is 8.49 Å². The first-order valence-electron chi connectivity index (χ1n) is 3.86. The van der Waals surface area contributed by atoms with E-state index in [9.17, 15) is 14.9 Å². The Morgan fingerprint density at radius 2 is 2.20 bits per heavy atom. The minimum Gasteiger partial charge on any atom is -0.478 e. The molecule has 0 saturated heterocycles. The summed E-state index contributed by atoms with van der Waals surface area (Å²) in [5, 5.41) is 19.0. The average molecular weight is 319 g/mol. The highest BCUT2D eigenvalue weighted by Gasteiger charge is 2.12. The molecule has 0 radical (unpaired) electrons. The number of hydrogen-bond donors (Lipinski definition) is 1. The van der Waals surface area contributed by atoms with Crippen LogP contribution in [0.15, 0.2) is 24.3 Å². The van der Waals surface area contributed by atoms with Gasteiger partial charge in [-0.25, -0.2) is 4.79 Å². The van der Waals surface area contributed by atoms with E-state index >= 15 is 0 Å². The normalized spacial score (nSPS) is 10.5. The second kappa shape index (κ2) is 4.87. The van der Waals surface area contributed by atoms with E-state index in [0.29, 0.717) is 9.13 Å². The van der Waals surface area contributed by atoms with Crippen molar-refractivity contribution in [2.24, 2.45) is 0 Å². The molecule has 0 aliphatic rings. The van der Waals surface area contributed by atoms with Gasteiger partial charge in [0.1, 0.15) is 0 Å². The molecular formula is C9H6INO4. The molecule has 15 heavy (non-hydrogen) atoms. The lowest BCUT2D eigenvalue weighted by Crippen LogP contribution is -1.93. The van der Waals surface area contributed by atoms with Gasteiger partial charge in [-0.3, -0.25) is 10.1 Å². The molecule has 0 fully saturated rings. The molecule has 0 heterocycles. The van der Waals surface area contributed by atoms with Crippen LogP contribution in [0.5, 0.6) is 0 Å². The fraction of sp³-hybridized carbons (Fsp3) is 0. The zero-order chi connectivity index (χ0) is 11.4. The van der Waals surface area contributed by atoms with Crippen LogP contribution in [0.2, 0.25) is 0 Å². The maximum absolute atomic E-state index is 10.6. The summed E-state index contributed by atoms with van der Waals surface area (Å²) < 4.78 is 0.428. The van der Waals surface area contributed by atoms with Crippen molar-refractivity contribution in [2.75, 3.05) is 0 Å². The van der Waals surface area contributed by atoms with Crippen LogP contribution in [0.4, 0.5) is 5.69 Å².